The summed E-state index contributed by atoms with van der Waals surface area (Å²) in [5, 5.41) is 12.0. The van der Waals surface area contributed by atoms with E-state index in [1.165, 1.54) is 13.2 Å². The summed E-state index contributed by atoms with van der Waals surface area (Å²) in [5.41, 5.74) is 1.98. The number of hydrogen-bond donors (Lipinski definition) is 2. The van der Waals surface area contributed by atoms with Gasteiger partial charge in [0.25, 0.3) is 0 Å². The largest absolute Gasteiger partial charge is 0.480 e. The van der Waals surface area contributed by atoms with E-state index in [9.17, 15) is 14.7 Å². The molecular weight excluding hydrogens is 602 g/mol. The van der Waals surface area contributed by atoms with Gasteiger partial charge in [-0.3, -0.25) is 0 Å². The number of ether oxygens (including phenoxy) is 5. The van der Waals surface area contributed by atoms with E-state index >= 15 is 0 Å². The van der Waals surface area contributed by atoms with Gasteiger partial charge in [-0.25, -0.2) is 9.59 Å². The van der Waals surface area contributed by atoms with Crippen molar-refractivity contribution in [1.29, 1.82) is 0 Å². The molecule has 10 heteroatoms. The molecule has 4 unspecified atom stereocenters. The summed E-state index contributed by atoms with van der Waals surface area (Å²) in [7, 11) is 1.46. The van der Waals surface area contributed by atoms with Crippen LogP contribution in [0, 0.1) is 13.8 Å². The molecule has 6 rings (SSSR count). The second-order valence-electron chi connectivity index (χ2n) is 12.1. The Morgan fingerprint density at radius 2 is 1.57 bits per heavy atom. The van der Waals surface area contributed by atoms with Gasteiger partial charge < -0.3 is 38.2 Å². The average Bonchev–Trinajstić information content (AvgIpc) is 3.50. The van der Waals surface area contributed by atoms with Gasteiger partial charge in [-0.15, -0.1) is 0 Å². The number of aromatic nitrogens is 1. The van der Waals surface area contributed by atoms with Crippen LogP contribution in [0.4, 0.5) is 0 Å². The Hall–Kier alpha value is -4.90. The molecule has 3 aromatic carbocycles. The van der Waals surface area contributed by atoms with Gasteiger partial charge in [0.05, 0.1) is 17.1 Å². The fourth-order valence-corrected chi connectivity index (χ4v) is 5.99. The third-order valence-electron chi connectivity index (χ3n) is 8.33. The predicted octanol–water partition coefficient (Wildman–Crippen LogP) is 6.02. The van der Waals surface area contributed by atoms with Crippen molar-refractivity contribution in [2.45, 2.75) is 64.0 Å². The molecule has 0 aliphatic carbocycles. The summed E-state index contributed by atoms with van der Waals surface area (Å²) in [4.78, 5) is 28.8. The number of esters is 1. The molecule has 1 aliphatic heterocycles. The number of aromatic amines is 1. The Balaban J connectivity index is 1.31. The zero-order chi connectivity index (χ0) is 33.3. The summed E-state index contributed by atoms with van der Waals surface area (Å²) < 4.78 is 36.0. The van der Waals surface area contributed by atoms with Crippen molar-refractivity contribution in [1.82, 2.24) is 4.98 Å². The minimum absolute atomic E-state index is 0.242. The zero-order valence-electron chi connectivity index (χ0n) is 26.8. The maximum absolute atomic E-state index is 13.0. The van der Waals surface area contributed by atoms with Crippen molar-refractivity contribution in [2.24, 2.45) is 0 Å². The number of carbonyl (C=O) groups is 1. The maximum Gasteiger partial charge on any atom is 0.355 e. The van der Waals surface area contributed by atoms with Crippen LogP contribution >= 0.6 is 0 Å². The van der Waals surface area contributed by atoms with Crippen molar-refractivity contribution < 1.29 is 38.0 Å². The minimum Gasteiger partial charge on any atom is -0.480 e. The maximum atomic E-state index is 13.0. The third kappa shape index (κ3) is 6.53. The Morgan fingerprint density at radius 1 is 0.915 bits per heavy atom. The molecule has 4 atom stereocenters. The van der Waals surface area contributed by atoms with Crippen LogP contribution in [0.1, 0.15) is 52.8 Å². The molecule has 0 spiro atoms. The van der Waals surface area contributed by atoms with E-state index in [1.807, 2.05) is 67.6 Å². The fraction of sp³-hybridized carbons (Fsp3) is 0.297. The lowest BCUT2D eigenvalue weighted by Gasteiger charge is -2.47. The first-order valence-electron chi connectivity index (χ1n) is 15.3. The van der Waals surface area contributed by atoms with Gasteiger partial charge in [0.15, 0.2) is 12.2 Å². The van der Waals surface area contributed by atoms with E-state index in [1.54, 1.807) is 45.0 Å². The number of fused-ring (bicyclic) bond motifs is 1. The number of aryl methyl sites for hydroxylation is 2. The smallest absolute Gasteiger partial charge is 0.355 e. The molecule has 0 amide bonds. The Labute approximate surface area is 271 Å². The molecule has 3 heterocycles. The van der Waals surface area contributed by atoms with Crippen molar-refractivity contribution in [2.75, 3.05) is 7.11 Å². The second kappa shape index (κ2) is 13.1. The monoisotopic (exact) mass is 639 g/mol. The average molecular weight is 640 g/mol. The highest BCUT2D eigenvalue weighted by atomic mass is 16.7. The number of nitrogens with one attached hydrogen (secondary N) is 1. The molecule has 0 radical (unpaired) electrons. The molecule has 1 saturated heterocycles. The number of H-pyrrole nitrogens is 1. The van der Waals surface area contributed by atoms with E-state index in [2.05, 4.69) is 4.98 Å². The van der Waals surface area contributed by atoms with Crippen molar-refractivity contribution in [3.63, 3.8) is 0 Å². The van der Waals surface area contributed by atoms with Crippen LogP contribution in [0.15, 0.2) is 100 Å². The highest BCUT2D eigenvalue weighted by Crippen LogP contribution is 2.39. The SMILES string of the molecule is COC1C(OC(=O)c2ccc(C)[nH]2)C(O)C(Oc2ccc3c(OC(c4ccccc4)c4ccccc4)cc(=O)oc3c2C)OC1(C)C. The Kier molecular flexibility index (Phi) is 8.92. The van der Waals surface area contributed by atoms with Crippen LogP contribution in [0.3, 0.4) is 0 Å². The number of methoxy groups -OCH3 is 1. The molecule has 0 bridgehead atoms. The summed E-state index contributed by atoms with van der Waals surface area (Å²) in [6.07, 6.45) is -5.12. The Bertz CT molecular complexity index is 1880. The van der Waals surface area contributed by atoms with Crippen LogP contribution in [-0.4, -0.2) is 53.4 Å². The molecule has 5 aromatic rings. The minimum atomic E-state index is -1.43. The molecule has 244 valence electrons. The quantitative estimate of drug-likeness (QED) is 0.147. The first-order valence-corrected chi connectivity index (χ1v) is 15.3. The van der Waals surface area contributed by atoms with E-state index in [0.717, 1.165) is 16.8 Å². The van der Waals surface area contributed by atoms with Crippen LogP contribution in [0.2, 0.25) is 0 Å². The van der Waals surface area contributed by atoms with E-state index < -0.39 is 47.9 Å². The molecular formula is C37H37NO9. The van der Waals surface area contributed by atoms with E-state index in [-0.39, 0.29) is 11.3 Å². The molecule has 1 aliphatic rings. The standard InChI is InChI=1S/C37H37NO9/c1-21-16-18-26(38-21)35(41)46-33-30(40)36(47-37(3,4)34(33)42-5)44-27-19-17-25-28(20-29(39)45-31(25)22(27)2)43-32(23-12-8-6-9-13-23)24-14-10-7-11-15-24/h6-20,30,32-34,36,38,40H,1-5H3. The third-order valence-corrected chi connectivity index (χ3v) is 8.33. The van der Waals surface area contributed by atoms with Gasteiger partial charge in [0.2, 0.25) is 6.29 Å². The van der Waals surface area contributed by atoms with Gasteiger partial charge in [0, 0.05) is 18.4 Å². The highest BCUT2D eigenvalue weighted by molar-refractivity contribution is 5.88. The highest BCUT2D eigenvalue weighted by Gasteiger charge is 2.53. The number of rotatable bonds is 9. The van der Waals surface area contributed by atoms with Crippen molar-refractivity contribution >= 4 is 16.9 Å². The lowest BCUT2D eigenvalue weighted by atomic mass is 9.89. The Morgan fingerprint density at radius 3 is 2.17 bits per heavy atom. The van der Waals surface area contributed by atoms with Crippen molar-refractivity contribution in [3.8, 4) is 11.5 Å². The summed E-state index contributed by atoms with van der Waals surface area (Å²) >= 11 is 0. The summed E-state index contributed by atoms with van der Waals surface area (Å²) in [6.45, 7) is 7.07. The van der Waals surface area contributed by atoms with Gasteiger partial charge in [-0.1, -0.05) is 60.7 Å². The van der Waals surface area contributed by atoms with Crippen LogP contribution in [0.5, 0.6) is 11.5 Å². The molecule has 0 saturated carbocycles. The molecule has 2 aromatic heterocycles. The first kappa shape index (κ1) is 32.1. The fourth-order valence-electron chi connectivity index (χ4n) is 5.99. The van der Waals surface area contributed by atoms with Crippen LogP contribution < -0.4 is 15.1 Å². The lowest BCUT2D eigenvalue weighted by Crippen LogP contribution is -2.65. The van der Waals surface area contributed by atoms with E-state index in [0.29, 0.717) is 22.4 Å². The van der Waals surface area contributed by atoms with Gasteiger partial charge in [-0.05, 0) is 63.1 Å². The van der Waals surface area contributed by atoms with Crippen LogP contribution in [-0.2, 0) is 14.2 Å². The number of benzene rings is 3. The van der Waals surface area contributed by atoms with Crippen molar-refractivity contribution in [3.05, 3.63) is 129 Å². The number of aliphatic hydroxyl groups excluding tert-OH is 1. The first-order chi connectivity index (χ1) is 22.6. The normalized spacial score (nSPS) is 20.7. The molecule has 10 nitrogen and oxygen atoms in total. The van der Waals surface area contributed by atoms with Gasteiger partial charge >= 0.3 is 11.6 Å². The van der Waals surface area contributed by atoms with E-state index in [4.69, 9.17) is 28.1 Å². The summed E-state index contributed by atoms with van der Waals surface area (Å²) in [6, 6.07) is 27.6. The van der Waals surface area contributed by atoms with Crippen LogP contribution in [0.25, 0.3) is 11.0 Å². The lowest BCUT2D eigenvalue weighted by molar-refractivity contribution is -0.305. The predicted molar refractivity (Wildman–Crippen MR) is 174 cm³/mol. The van der Waals surface area contributed by atoms with Gasteiger partial charge in [0.1, 0.15) is 35.0 Å². The topological polar surface area (TPSA) is 129 Å². The molecule has 47 heavy (non-hydrogen) atoms. The molecule has 2 N–H and O–H groups in total. The zero-order valence-corrected chi connectivity index (χ0v) is 26.8. The molecule has 1 fully saturated rings. The van der Waals surface area contributed by atoms with Gasteiger partial charge in [-0.2, -0.15) is 0 Å². The number of aliphatic hydroxyl groups is 1. The second-order valence-corrected chi connectivity index (χ2v) is 12.1. The number of carbonyl (C=O) groups excluding carboxylic acids is 1. The number of hydrogen-bond acceptors (Lipinski definition) is 9. The summed E-state index contributed by atoms with van der Waals surface area (Å²) in [5.74, 6) is -0.0180.